The third-order valence-electron chi connectivity index (χ3n) is 5.56. The predicted octanol–water partition coefficient (Wildman–Crippen LogP) is 5.53. The summed E-state index contributed by atoms with van der Waals surface area (Å²) in [7, 11) is 1.62. The van der Waals surface area contributed by atoms with Gasteiger partial charge in [-0.2, -0.15) is 5.10 Å². The Hall–Kier alpha value is -3.35. The van der Waals surface area contributed by atoms with E-state index in [0.717, 1.165) is 28.0 Å². The highest BCUT2D eigenvalue weighted by Gasteiger charge is 2.43. The number of benzene rings is 2. The number of aromatic amines is 1. The van der Waals surface area contributed by atoms with Gasteiger partial charge < -0.3 is 9.64 Å². The van der Waals surface area contributed by atoms with Crippen molar-refractivity contribution in [1.82, 2.24) is 20.1 Å². The summed E-state index contributed by atoms with van der Waals surface area (Å²) in [4.78, 5) is 19.4. The zero-order valence-electron chi connectivity index (χ0n) is 17.0. The molecule has 1 N–H and O–H groups in total. The molecule has 32 heavy (non-hydrogen) atoms. The highest BCUT2D eigenvalue weighted by atomic mass is 35.5. The second-order valence-electron chi connectivity index (χ2n) is 7.45. The maximum absolute atomic E-state index is 13.5. The van der Waals surface area contributed by atoms with Crippen LogP contribution >= 0.6 is 23.2 Å². The average Bonchev–Trinajstić information content (AvgIpc) is 3.35. The molecule has 2 aromatic carbocycles. The Balaban J connectivity index is 1.66. The number of rotatable bonds is 5. The first-order valence-corrected chi connectivity index (χ1v) is 10.7. The molecule has 0 bridgehead atoms. The van der Waals surface area contributed by atoms with Crippen molar-refractivity contribution in [3.63, 3.8) is 0 Å². The van der Waals surface area contributed by atoms with Crippen LogP contribution in [0.2, 0.25) is 10.0 Å². The number of carbonyl (C=O) groups excluding carboxylic acids is 1. The van der Waals surface area contributed by atoms with Crippen LogP contribution in [0, 0.1) is 0 Å². The molecule has 0 aliphatic carbocycles. The number of hydrogen-bond acceptors (Lipinski definition) is 4. The van der Waals surface area contributed by atoms with Gasteiger partial charge >= 0.3 is 0 Å². The Labute approximate surface area is 194 Å². The van der Waals surface area contributed by atoms with Gasteiger partial charge in [0.2, 0.25) is 0 Å². The van der Waals surface area contributed by atoms with Crippen molar-refractivity contribution in [3.8, 4) is 17.0 Å². The van der Waals surface area contributed by atoms with E-state index in [-0.39, 0.29) is 5.91 Å². The molecule has 1 atom stereocenters. The van der Waals surface area contributed by atoms with Crippen molar-refractivity contribution in [2.75, 3.05) is 7.11 Å². The highest BCUT2D eigenvalue weighted by molar-refractivity contribution is 6.35. The first-order chi connectivity index (χ1) is 15.6. The number of aromatic nitrogens is 3. The maximum Gasteiger partial charge on any atom is 0.273 e. The van der Waals surface area contributed by atoms with E-state index in [4.69, 9.17) is 27.9 Å². The molecule has 6 nitrogen and oxygen atoms in total. The quantitative estimate of drug-likeness (QED) is 0.421. The predicted molar refractivity (Wildman–Crippen MR) is 123 cm³/mol. The van der Waals surface area contributed by atoms with Gasteiger partial charge in [0, 0.05) is 40.1 Å². The second kappa shape index (κ2) is 8.30. The fourth-order valence-electron chi connectivity index (χ4n) is 4.06. The molecule has 0 fully saturated rings. The van der Waals surface area contributed by atoms with E-state index in [9.17, 15) is 4.79 Å². The van der Waals surface area contributed by atoms with Crippen molar-refractivity contribution in [2.45, 2.75) is 12.6 Å². The Morgan fingerprint density at radius 3 is 2.62 bits per heavy atom. The molecule has 2 aromatic heterocycles. The molecule has 0 saturated carbocycles. The van der Waals surface area contributed by atoms with E-state index in [2.05, 4.69) is 15.2 Å². The molecule has 8 heteroatoms. The van der Waals surface area contributed by atoms with Crippen LogP contribution in [0.15, 0.2) is 67.0 Å². The topological polar surface area (TPSA) is 71.1 Å². The molecule has 1 aliphatic rings. The fraction of sp³-hybridized carbons (Fsp3) is 0.125. The number of halogens is 2. The Morgan fingerprint density at radius 2 is 1.94 bits per heavy atom. The summed E-state index contributed by atoms with van der Waals surface area (Å²) >= 11 is 12.8. The molecule has 5 rings (SSSR count). The molecular weight excluding hydrogens is 447 g/mol. The zero-order valence-corrected chi connectivity index (χ0v) is 18.6. The number of pyridine rings is 1. The van der Waals surface area contributed by atoms with Crippen LogP contribution in [-0.4, -0.2) is 33.1 Å². The van der Waals surface area contributed by atoms with Crippen molar-refractivity contribution < 1.29 is 9.53 Å². The molecule has 4 aromatic rings. The first kappa shape index (κ1) is 20.5. The Kier molecular flexibility index (Phi) is 5.33. The summed E-state index contributed by atoms with van der Waals surface area (Å²) in [5.74, 6) is 0.597. The summed E-state index contributed by atoms with van der Waals surface area (Å²) in [6, 6.07) is 16.3. The van der Waals surface area contributed by atoms with Gasteiger partial charge in [0.1, 0.15) is 11.4 Å². The fourth-order valence-corrected chi connectivity index (χ4v) is 4.58. The van der Waals surface area contributed by atoms with Crippen LogP contribution in [0.1, 0.15) is 33.2 Å². The van der Waals surface area contributed by atoms with Crippen LogP contribution in [0.25, 0.3) is 11.3 Å². The minimum absolute atomic E-state index is 0.146. The Morgan fingerprint density at radius 1 is 1.12 bits per heavy atom. The SMILES string of the molecule is COc1ccc(-c2n[nH]c3c2C(c2ccc(Cl)cc2Cl)N(Cc2cccnc2)C3=O)cc1. The lowest BCUT2D eigenvalue weighted by Gasteiger charge is -2.27. The molecule has 0 spiro atoms. The molecule has 1 aliphatic heterocycles. The number of carbonyl (C=O) groups is 1. The summed E-state index contributed by atoms with van der Waals surface area (Å²) in [6.07, 6.45) is 3.46. The third-order valence-corrected chi connectivity index (χ3v) is 6.12. The Bertz CT molecular complexity index is 1290. The number of nitrogens with one attached hydrogen (secondary N) is 1. The standard InChI is InChI=1S/C24H18Cl2N4O2/c1-32-17-7-4-15(5-8-17)21-20-22(29-28-21)24(31)30(13-14-3-2-10-27-12-14)23(20)18-9-6-16(25)11-19(18)26/h2-12,23H,13H2,1H3,(H,28,29). The summed E-state index contributed by atoms with van der Waals surface area (Å²) < 4.78 is 5.27. The van der Waals surface area contributed by atoms with Crippen LogP contribution in [0.4, 0.5) is 0 Å². The van der Waals surface area contributed by atoms with Crippen LogP contribution in [0.5, 0.6) is 5.75 Å². The lowest BCUT2D eigenvalue weighted by atomic mass is 9.96. The molecule has 3 heterocycles. The second-order valence-corrected chi connectivity index (χ2v) is 8.30. The van der Waals surface area contributed by atoms with Gasteiger partial charge in [0.25, 0.3) is 5.91 Å². The lowest BCUT2D eigenvalue weighted by Crippen LogP contribution is -2.29. The average molecular weight is 465 g/mol. The van der Waals surface area contributed by atoms with Gasteiger partial charge in [-0.1, -0.05) is 35.3 Å². The van der Waals surface area contributed by atoms with E-state index in [1.165, 1.54) is 0 Å². The van der Waals surface area contributed by atoms with Gasteiger partial charge in [-0.15, -0.1) is 0 Å². The number of H-pyrrole nitrogens is 1. The summed E-state index contributed by atoms with van der Waals surface area (Å²) in [5, 5.41) is 8.46. The number of ether oxygens (including phenoxy) is 1. The number of nitrogens with zero attached hydrogens (tertiary/aromatic N) is 3. The van der Waals surface area contributed by atoms with Crippen molar-refractivity contribution in [3.05, 3.63) is 99.4 Å². The monoisotopic (exact) mass is 464 g/mol. The number of fused-ring (bicyclic) bond motifs is 1. The normalized spacial score (nSPS) is 15.2. The zero-order chi connectivity index (χ0) is 22.2. The van der Waals surface area contributed by atoms with Crippen molar-refractivity contribution in [1.29, 1.82) is 0 Å². The third kappa shape index (κ3) is 3.51. The van der Waals surface area contributed by atoms with Gasteiger partial charge in [0.05, 0.1) is 18.8 Å². The summed E-state index contributed by atoms with van der Waals surface area (Å²) in [6.45, 7) is 0.376. The minimum atomic E-state index is -0.432. The highest BCUT2D eigenvalue weighted by Crippen LogP contribution is 2.45. The van der Waals surface area contributed by atoms with Crippen molar-refractivity contribution in [2.24, 2.45) is 0 Å². The first-order valence-electron chi connectivity index (χ1n) is 9.94. The van der Waals surface area contributed by atoms with Gasteiger partial charge in [-0.05, 0) is 53.6 Å². The minimum Gasteiger partial charge on any atom is -0.497 e. The maximum atomic E-state index is 13.5. The van der Waals surface area contributed by atoms with Crippen LogP contribution in [0.3, 0.4) is 0 Å². The van der Waals surface area contributed by atoms with E-state index < -0.39 is 6.04 Å². The van der Waals surface area contributed by atoms with Crippen LogP contribution < -0.4 is 4.74 Å². The summed E-state index contributed by atoms with van der Waals surface area (Å²) in [5.41, 5.74) is 4.50. The molecule has 160 valence electrons. The van der Waals surface area contributed by atoms with E-state index >= 15 is 0 Å². The largest absolute Gasteiger partial charge is 0.497 e. The number of hydrogen-bond donors (Lipinski definition) is 1. The van der Waals surface area contributed by atoms with Gasteiger partial charge in [0.15, 0.2) is 0 Å². The smallest absolute Gasteiger partial charge is 0.273 e. The molecule has 0 saturated heterocycles. The van der Waals surface area contributed by atoms with Gasteiger partial charge in [-0.3, -0.25) is 14.9 Å². The molecular formula is C24H18Cl2N4O2. The number of amides is 1. The number of methoxy groups -OCH3 is 1. The van der Waals surface area contributed by atoms with Gasteiger partial charge in [-0.25, -0.2) is 0 Å². The van der Waals surface area contributed by atoms with E-state index in [1.54, 1.807) is 36.5 Å². The van der Waals surface area contributed by atoms with E-state index in [0.29, 0.717) is 28.0 Å². The molecule has 1 unspecified atom stereocenters. The molecule has 0 radical (unpaired) electrons. The van der Waals surface area contributed by atoms with Crippen LogP contribution in [-0.2, 0) is 6.54 Å². The lowest BCUT2D eigenvalue weighted by molar-refractivity contribution is 0.0730. The van der Waals surface area contributed by atoms with E-state index in [1.807, 2.05) is 42.5 Å². The molecule has 1 amide bonds. The van der Waals surface area contributed by atoms with Crippen molar-refractivity contribution >= 4 is 29.1 Å².